The number of hydrogen-bond donors (Lipinski definition) is 4. The summed E-state index contributed by atoms with van der Waals surface area (Å²) in [7, 11) is -1.60. The predicted molar refractivity (Wildman–Crippen MR) is 116 cm³/mol. The van der Waals surface area contributed by atoms with Gasteiger partial charge >= 0.3 is 11.8 Å². The van der Waals surface area contributed by atoms with Crippen molar-refractivity contribution in [2.45, 2.75) is 51.6 Å². The molecule has 0 spiro atoms. The summed E-state index contributed by atoms with van der Waals surface area (Å²) in [5, 5.41) is 7.06. The number of nitrogens with one attached hydrogen (secondary N) is 4. The fraction of sp³-hybridized carbons (Fsp3) is 0.450. The average Bonchev–Trinajstić information content (AvgIpc) is 2.66. The molecule has 0 bridgehead atoms. The third-order valence-corrected chi connectivity index (χ3v) is 4.60. The Bertz CT molecular complexity index is 881. The number of anilines is 1. The molecule has 170 valence electrons. The summed E-state index contributed by atoms with van der Waals surface area (Å²) in [6, 6.07) is 4.73. The van der Waals surface area contributed by atoms with Crippen LogP contribution in [0, 0.1) is 0 Å². The summed E-state index contributed by atoms with van der Waals surface area (Å²) in [6.07, 6.45) is 1.18. The number of rotatable bonds is 8. The van der Waals surface area contributed by atoms with Gasteiger partial charge in [0.2, 0.25) is 11.8 Å². The van der Waals surface area contributed by atoms with Crippen LogP contribution in [0.15, 0.2) is 24.3 Å². The van der Waals surface area contributed by atoms with Gasteiger partial charge in [0.25, 0.3) is 0 Å². The Labute approximate surface area is 183 Å². The molecule has 3 unspecified atom stereocenters. The van der Waals surface area contributed by atoms with Crippen LogP contribution in [0.25, 0.3) is 0 Å². The zero-order valence-corrected chi connectivity index (χ0v) is 18.9. The molecule has 0 saturated heterocycles. The zero-order valence-electron chi connectivity index (χ0n) is 18.1. The number of benzene rings is 1. The predicted octanol–water partition coefficient (Wildman–Crippen LogP) is -0.0892. The fourth-order valence-corrected chi connectivity index (χ4v) is 3.00. The largest absolute Gasteiger partial charge is 0.344 e. The number of carbonyl (C=O) groups excluding carboxylic acids is 5. The third-order valence-electron chi connectivity index (χ3n) is 4.09. The Morgan fingerprint density at radius 2 is 1.68 bits per heavy atom. The average molecular weight is 453 g/mol. The van der Waals surface area contributed by atoms with Gasteiger partial charge in [-0.3, -0.25) is 23.9 Å². The molecule has 0 saturated carbocycles. The van der Waals surface area contributed by atoms with Crippen LogP contribution in [-0.4, -0.2) is 52.5 Å². The van der Waals surface area contributed by atoms with E-state index in [0.717, 1.165) is 5.56 Å². The maximum Gasteiger partial charge on any atom is 0.313 e. The highest BCUT2D eigenvalue weighted by Crippen LogP contribution is 2.29. The van der Waals surface area contributed by atoms with E-state index < -0.39 is 53.1 Å². The summed E-state index contributed by atoms with van der Waals surface area (Å²) in [6.45, 7) is 7.22. The molecule has 0 aliphatic carbocycles. The molecule has 4 amide bonds. The van der Waals surface area contributed by atoms with Crippen molar-refractivity contribution in [1.82, 2.24) is 15.4 Å². The van der Waals surface area contributed by atoms with Gasteiger partial charge < -0.3 is 20.7 Å². The van der Waals surface area contributed by atoms with Crippen molar-refractivity contribution in [3.05, 3.63) is 29.8 Å². The van der Waals surface area contributed by atoms with E-state index in [2.05, 4.69) is 20.7 Å². The summed E-state index contributed by atoms with van der Waals surface area (Å²) in [5.74, 6) is -3.44. The van der Waals surface area contributed by atoms with Crippen molar-refractivity contribution in [2.24, 2.45) is 0 Å². The van der Waals surface area contributed by atoms with Crippen molar-refractivity contribution in [3.8, 4) is 0 Å². The Hall–Kier alpha value is -3.08. The molecule has 1 rings (SSSR count). The molecule has 11 heteroatoms. The van der Waals surface area contributed by atoms with Crippen LogP contribution in [0.1, 0.15) is 39.7 Å². The van der Waals surface area contributed by atoms with Crippen LogP contribution in [0.3, 0.4) is 0 Å². The van der Waals surface area contributed by atoms with E-state index in [1.807, 2.05) is 32.9 Å². The first kappa shape index (κ1) is 26.0. The Morgan fingerprint density at radius 1 is 1.06 bits per heavy atom. The zero-order chi connectivity index (χ0) is 23.8. The van der Waals surface area contributed by atoms with E-state index in [4.69, 9.17) is 0 Å². The second-order valence-electron chi connectivity index (χ2n) is 7.88. The smallest absolute Gasteiger partial charge is 0.313 e. The number of aldehydes is 1. The lowest BCUT2D eigenvalue weighted by Crippen LogP contribution is -2.51. The van der Waals surface area contributed by atoms with Gasteiger partial charge in [0.15, 0.2) is 0 Å². The molecular weight excluding hydrogens is 424 g/mol. The van der Waals surface area contributed by atoms with Gasteiger partial charge in [0, 0.05) is 11.9 Å². The van der Waals surface area contributed by atoms with Gasteiger partial charge in [0.1, 0.15) is 23.3 Å². The normalized spacial score (nSPS) is 13.8. The number of carbonyl (C=O) groups is 5. The molecule has 4 N–H and O–H groups in total. The van der Waals surface area contributed by atoms with Crippen LogP contribution in [0.5, 0.6) is 0 Å². The highest BCUT2D eigenvalue weighted by molar-refractivity contribution is 7.82. The van der Waals surface area contributed by atoms with Crippen molar-refractivity contribution in [2.75, 3.05) is 11.6 Å². The highest BCUT2D eigenvalue weighted by Gasteiger charge is 2.25. The first-order valence-electron chi connectivity index (χ1n) is 9.45. The van der Waals surface area contributed by atoms with Crippen LogP contribution < -0.4 is 20.7 Å². The molecule has 1 aromatic carbocycles. The minimum absolute atomic E-state index is 0.270. The molecule has 0 aliphatic rings. The molecule has 0 radical (unpaired) electrons. The van der Waals surface area contributed by atoms with E-state index >= 15 is 0 Å². The monoisotopic (exact) mass is 452 g/mol. The second kappa shape index (κ2) is 11.3. The van der Waals surface area contributed by atoms with Gasteiger partial charge in [-0.05, 0) is 24.0 Å². The minimum Gasteiger partial charge on any atom is -0.344 e. The molecule has 10 nitrogen and oxygen atoms in total. The van der Waals surface area contributed by atoms with Crippen LogP contribution >= 0.6 is 0 Å². The van der Waals surface area contributed by atoms with Crippen molar-refractivity contribution in [1.29, 1.82) is 0 Å². The number of amides is 4. The molecule has 1 aromatic rings. The first-order valence-corrected chi connectivity index (χ1v) is 11.0. The molecule has 0 aliphatic heterocycles. The molecule has 0 heterocycles. The Kier molecular flexibility index (Phi) is 9.50. The maximum absolute atomic E-state index is 12.3. The quantitative estimate of drug-likeness (QED) is 0.320. The van der Waals surface area contributed by atoms with Gasteiger partial charge in [0.05, 0.1) is 12.5 Å². The lowest BCUT2D eigenvalue weighted by atomic mass is 9.86. The standard InChI is InChI=1S/C20H28N4O6S/c1-12(17(27)22-13(11-25)10-16(26)24-31(5)30)21-18(28)19(29)23-15-9-7-6-8-14(15)20(2,3)4/h6-9,11-13H,10H2,1-5H3,(H,21,28)(H,22,27)(H,23,29)(H,24,26). The second-order valence-corrected chi connectivity index (χ2v) is 8.99. The van der Waals surface area contributed by atoms with Gasteiger partial charge in [-0.25, -0.2) is 4.21 Å². The van der Waals surface area contributed by atoms with Crippen molar-refractivity contribution < 1.29 is 28.2 Å². The van der Waals surface area contributed by atoms with Crippen LogP contribution in [-0.2, 0) is 40.4 Å². The highest BCUT2D eigenvalue weighted by atomic mass is 32.2. The fourth-order valence-electron chi connectivity index (χ4n) is 2.60. The van der Waals surface area contributed by atoms with Crippen molar-refractivity contribution >= 4 is 46.6 Å². The lowest BCUT2D eigenvalue weighted by Gasteiger charge is -2.23. The lowest BCUT2D eigenvalue weighted by molar-refractivity contribution is -0.138. The summed E-state index contributed by atoms with van der Waals surface area (Å²) in [4.78, 5) is 59.4. The number of hydrogen-bond acceptors (Lipinski definition) is 6. The van der Waals surface area contributed by atoms with Gasteiger partial charge in [-0.15, -0.1) is 0 Å². The van der Waals surface area contributed by atoms with Crippen LogP contribution in [0.4, 0.5) is 5.69 Å². The van der Waals surface area contributed by atoms with Crippen LogP contribution in [0.2, 0.25) is 0 Å². The molecule has 0 aromatic heterocycles. The van der Waals surface area contributed by atoms with Gasteiger partial charge in [-0.1, -0.05) is 39.0 Å². The molecular formula is C20H28N4O6S. The number of para-hydroxylation sites is 1. The topological polar surface area (TPSA) is 151 Å². The van der Waals surface area contributed by atoms with E-state index in [1.165, 1.54) is 13.2 Å². The third kappa shape index (κ3) is 8.67. The first-order chi connectivity index (χ1) is 14.3. The summed E-state index contributed by atoms with van der Waals surface area (Å²) < 4.78 is 13.1. The van der Waals surface area contributed by atoms with E-state index in [9.17, 15) is 28.2 Å². The molecule has 3 atom stereocenters. The minimum atomic E-state index is -1.60. The summed E-state index contributed by atoms with van der Waals surface area (Å²) in [5.41, 5.74) is 1.04. The van der Waals surface area contributed by atoms with Crippen molar-refractivity contribution in [3.63, 3.8) is 0 Å². The Morgan fingerprint density at radius 3 is 2.23 bits per heavy atom. The van der Waals surface area contributed by atoms with E-state index in [1.54, 1.807) is 12.1 Å². The summed E-state index contributed by atoms with van der Waals surface area (Å²) >= 11 is 0. The molecule has 0 fully saturated rings. The van der Waals surface area contributed by atoms with E-state index in [0.29, 0.717) is 12.0 Å². The Balaban J connectivity index is 2.69. The SMILES string of the molecule is CC(NC(=O)C(=O)Nc1ccccc1C(C)(C)C)C(=O)NC(C=O)CC(=O)NS(C)=O. The maximum atomic E-state index is 12.3. The molecule has 31 heavy (non-hydrogen) atoms. The van der Waals surface area contributed by atoms with Gasteiger partial charge in [-0.2, -0.15) is 0 Å². The van der Waals surface area contributed by atoms with E-state index in [-0.39, 0.29) is 5.41 Å².